The molecule has 6 aromatic rings. The number of sulfone groups is 2. The van der Waals surface area contributed by atoms with E-state index in [0.29, 0.717) is 18.2 Å². The van der Waals surface area contributed by atoms with Crippen LogP contribution in [0.15, 0.2) is 141 Å². The number of benzene rings is 5. The first kappa shape index (κ1) is 76.0. The van der Waals surface area contributed by atoms with E-state index in [1.165, 1.54) is 24.3 Å². The SMILES string of the molecule is N=C([O-])Nc1cc(N=c2[nH]c(=Nc3cccc(S(=O)(=O)CCOS(=O)(=O)[O-])c3)[nH]c(=Nc3cccc(S(=O)(=O)CCOS(=O)(=O)O)c3)[nH]2)ccc1N=Nc1cc2c(S(=O)(=O)[O-])cc(S(=O)(=O)[O-])cc2cc1S(=O)(=O)[O-].[Na+].[Na+].[Na+].[Na+].[Na+]. The van der Waals surface area contributed by atoms with Gasteiger partial charge in [-0.1, -0.05) is 12.1 Å². The zero-order valence-corrected chi connectivity index (χ0v) is 57.3. The first-order valence-corrected chi connectivity index (χ1v) is 29.8. The molecule has 5 aromatic carbocycles. The predicted octanol–water partition coefficient (Wildman–Crippen LogP) is -15.8. The molecule has 402 valence electrons. The second-order valence-electron chi connectivity index (χ2n) is 14.5. The molecule has 0 atom stereocenters. The number of fused-ring (bicyclic) bond motifs is 1. The molecule has 1 heterocycles. The van der Waals surface area contributed by atoms with Crippen molar-refractivity contribution in [3.05, 3.63) is 108 Å². The van der Waals surface area contributed by atoms with Crippen molar-refractivity contribution in [1.29, 1.82) is 5.41 Å². The molecule has 0 saturated carbocycles. The predicted molar refractivity (Wildman–Crippen MR) is 245 cm³/mol. The van der Waals surface area contributed by atoms with Gasteiger partial charge in [0.25, 0.3) is 0 Å². The first-order valence-electron chi connectivity index (χ1n) is 19.6. The van der Waals surface area contributed by atoms with Gasteiger partial charge >= 0.3 is 158 Å². The Labute approximate surface area is 564 Å². The van der Waals surface area contributed by atoms with E-state index in [-0.39, 0.29) is 188 Å². The van der Waals surface area contributed by atoms with Crippen LogP contribution in [0.4, 0.5) is 34.1 Å². The quantitative estimate of drug-likeness (QED) is 0.0109. The molecular formula is C36H29N10Na5O22S7. The summed E-state index contributed by atoms with van der Waals surface area (Å²) in [4.78, 5) is 16.5. The standard InChI is InChI=1S/C36H34N10O22S7.5Na/c37-33(47)41-29-17-23(7-8-28(29)45-46-30-19-27-20(14-32(30)73(58,59)60)13-26(71(52,53)54)18-31(27)72(55,56)57)40-36-43-34(38-21-3-1-5-24(15-21)69(48,49)11-9-67-74(61,62)63)42-35(44-36)39-22-4-2-6-25(16-22)70(50,51)12-10-68-75(64,65)66;;;;;/h1-8,13-19H,9-12H2,(H3,37,41,47)(H,52,53,54)(H,55,56,57)(H,58,59,60)(H,61,62,63)(H,64,65,66)(H3,38,39,40,42,43,44);;;;;/q;5*+1/p-5. The molecule has 80 heavy (non-hydrogen) atoms. The van der Waals surface area contributed by atoms with Crippen molar-refractivity contribution in [3.63, 3.8) is 0 Å². The second kappa shape index (κ2) is 30.4. The van der Waals surface area contributed by atoms with Crippen LogP contribution in [0.2, 0.25) is 0 Å². The van der Waals surface area contributed by atoms with Gasteiger partial charge in [0, 0.05) is 11.4 Å². The van der Waals surface area contributed by atoms with Crippen LogP contribution < -0.4 is 175 Å². The monoisotopic (exact) mass is 1290 g/mol. The molecule has 0 radical (unpaired) electrons. The van der Waals surface area contributed by atoms with E-state index < -0.39 is 154 Å². The van der Waals surface area contributed by atoms with Crippen LogP contribution in [0.25, 0.3) is 10.8 Å². The Kier molecular flexibility index (Phi) is 28.9. The maximum Gasteiger partial charge on any atom is 1.00 e. The fourth-order valence-electron chi connectivity index (χ4n) is 6.17. The summed E-state index contributed by atoms with van der Waals surface area (Å²) >= 11 is 0. The number of aromatic nitrogens is 3. The van der Waals surface area contributed by atoms with Gasteiger partial charge < -0.3 is 28.6 Å². The van der Waals surface area contributed by atoms with Gasteiger partial charge in [-0.05, 0) is 84.2 Å². The molecule has 0 fully saturated rings. The Bertz CT molecular complexity index is 4270. The Morgan fingerprint density at radius 1 is 0.525 bits per heavy atom. The zero-order valence-electron chi connectivity index (χ0n) is 41.6. The fraction of sp³-hybridized carbons (Fsp3) is 0.111. The molecule has 0 bridgehead atoms. The van der Waals surface area contributed by atoms with Gasteiger partial charge in [-0.15, -0.1) is 10.2 Å². The third kappa shape index (κ3) is 22.5. The summed E-state index contributed by atoms with van der Waals surface area (Å²) < 4.78 is 232. The molecule has 0 spiro atoms. The number of nitrogens with zero attached hydrogens (tertiary/aromatic N) is 5. The van der Waals surface area contributed by atoms with Crippen LogP contribution >= 0.6 is 0 Å². The van der Waals surface area contributed by atoms with E-state index in [2.05, 4.69) is 53.8 Å². The average Bonchev–Trinajstić information content (AvgIpc) is 3.26. The largest absolute Gasteiger partial charge is 1.00 e. The first-order chi connectivity index (χ1) is 34.5. The van der Waals surface area contributed by atoms with Crippen LogP contribution in [0.3, 0.4) is 0 Å². The Morgan fingerprint density at radius 3 is 1.40 bits per heavy atom. The van der Waals surface area contributed by atoms with Crippen molar-refractivity contribution >= 4 is 122 Å². The van der Waals surface area contributed by atoms with E-state index in [4.69, 9.17) is 9.96 Å². The number of hydrogen-bond acceptors (Lipinski definition) is 27. The van der Waals surface area contributed by atoms with Gasteiger partial charge in [0.05, 0.1) is 71.9 Å². The van der Waals surface area contributed by atoms with Gasteiger partial charge in [0.1, 0.15) is 41.7 Å². The van der Waals surface area contributed by atoms with Crippen molar-refractivity contribution in [2.24, 2.45) is 25.2 Å². The fourth-order valence-corrected chi connectivity index (χ4v) is 11.2. The molecule has 44 heteroatoms. The van der Waals surface area contributed by atoms with Crippen LogP contribution in [-0.4, -0.2) is 127 Å². The summed E-state index contributed by atoms with van der Waals surface area (Å²) in [7, 11) is -35.4. The molecule has 6 rings (SSSR count). The molecule has 0 amide bonds. The Morgan fingerprint density at radius 2 is 0.975 bits per heavy atom. The van der Waals surface area contributed by atoms with E-state index in [1.807, 2.05) is 0 Å². The molecule has 0 aliphatic heterocycles. The van der Waals surface area contributed by atoms with Crippen molar-refractivity contribution < 1.29 is 243 Å². The minimum atomic E-state index is -5.61. The molecule has 0 unspecified atom stereocenters. The van der Waals surface area contributed by atoms with Gasteiger partial charge in [-0.2, -0.15) is 8.42 Å². The number of amidine groups is 1. The van der Waals surface area contributed by atoms with Crippen molar-refractivity contribution in [2.75, 3.05) is 30.0 Å². The van der Waals surface area contributed by atoms with Crippen LogP contribution in [0, 0.1) is 5.41 Å². The third-order valence-corrected chi connectivity index (χ3v) is 16.1. The van der Waals surface area contributed by atoms with E-state index in [1.54, 1.807) is 0 Å². The summed E-state index contributed by atoms with van der Waals surface area (Å²) in [6, 6.07) is 12.9. The van der Waals surface area contributed by atoms with E-state index in [9.17, 15) is 82.2 Å². The number of rotatable bonds is 19. The number of hydrogen-bond donors (Lipinski definition) is 6. The number of H-pyrrole nitrogens is 3. The van der Waals surface area contributed by atoms with Gasteiger partial charge in [0.2, 0.25) is 27.3 Å². The molecular weight excluding hydrogens is 1260 g/mol. The summed E-state index contributed by atoms with van der Waals surface area (Å²) in [6.45, 7) is -1.97. The average molecular weight is 1290 g/mol. The topological polar surface area (TPSA) is 538 Å². The molecule has 0 aliphatic rings. The van der Waals surface area contributed by atoms with E-state index >= 15 is 0 Å². The number of nitrogens with one attached hydrogen (secondary N) is 5. The number of azo groups is 1. The van der Waals surface area contributed by atoms with Crippen LogP contribution in [-0.2, 0) is 79.2 Å². The molecule has 0 aliphatic carbocycles. The minimum absolute atomic E-state index is 0. The molecule has 1 aromatic heterocycles. The summed E-state index contributed by atoms with van der Waals surface area (Å²) in [5.74, 6) is -1.86. The normalized spacial score (nSPS) is 13.1. The zero-order chi connectivity index (χ0) is 55.5. The summed E-state index contributed by atoms with van der Waals surface area (Å²) in [6.07, 6.45) is 0. The molecule has 0 saturated heterocycles. The second-order valence-corrected chi connectivity index (χ2v) is 25.0. The van der Waals surface area contributed by atoms with Crippen LogP contribution in [0.5, 0.6) is 0 Å². The Hall–Kier alpha value is -1.99. The third-order valence-electron chi connectivity index (χ3n) is 9.24. The van der Waals surface area contributed by atoms with Crippen LogP contribution in [0.1, 0.15) is 0 Å². The molecule has 32 nitrogen and oxygen atoms in total. The minimum Gasteiger partial charge on any atom is -0.846 e. The van der Waals surface area contributed by atoms with Crippen molar-refractivity contribution in [1.82, 2.24) is 15.0 Å². The summed E-state index contributed by atoms with van der Waals surface area (Å²) in [5.41, 5.74) is -3.01. The van der Waals surface area contributed by atoms with E-state index in [0.717, 1.165) is 42.5 Å². The molecule has 6 N–H and O–H groups in total. The Balaban J connectivity index is 0.00000640. The van der Waals surface area contributed by atoms with Crippen molar-refractivity contribution in [2.45, 2.75) is 24.5 Å². The smallest absolute Gasteiger partial charge is 0.846 e. The van der Waals surface area contributed by atoms with Crippen molar-refractivity contribution in [3.8, 4) is 0 Å². The van der Waals surface area contributed by atoms with Gasteiger partial charge in [-0.25, -0.2) is 69.7 Å². The van der Waals surface area contributed by atoms with Gasteiger partial charge in [-0.3, -0.25) is 29.1 Å². The maximum absolute atomic E-state index is 13.0. The van der Waals surface area contributed by atoms with Gasteiger partial charge in [0.15, 0.2) is 19.7 Å². The number of aromatic amines is 3. The number of anilines is 1. The maximum atomic E-state index is 13.0. The summed E-state index contributed by atoms with van der Waals surface area (Å²) in [5, 5.41) is 27.8.